The minimum absolute atomic E-state index is 0.111. The van der Waals surface area contributed by atoms with Gasteiger partial charge < -0.3 is 10.4 Å². The van der Waals surface area contributed by atoms with E-state index in [9.17, 15) is 9.90 Å². The highest BCUT2D eigenvalue weighted by Crippen LogP contribution is 2.34. The molecule has 0 radical (unpaired) electrons. The number of aromatic hydroxyl groups is 1. The fourth-order valence-corrected chi connectivity index (χ4v) is 1.95. The number of halogens is 1. The van der Waals surface area contributed by atoms with Crippen LogP contribution in [0.25, 0.3) is 0 Å². The molecule has 0 aromatic heterocycles. The SMILES string of the molecule is C#CC1(NC(=O)Cc2ccc(Br)cc2O)CC1. The van der Waals surface area contributed by atoms with Gasteiger partial charge in [-0.1, -0.05) is 27.9 Å². The second-order valence-corrected chi connectivity index (χ2v) is 5.14. The van der Waals surface area contributed by atoms with Crippen LogP contribution >= 0.6 is 15.9 Å². The van der Waals surface area contributed by atoms with E-state index in [1.807, 2.05) is 0 Å². The normalized spacial score (nSPS) is 16.0. The van der Waals surface area contributed by atoms with E-state index in [1.54, 1.807) is 18.2 Å². The number of terminal acetylenes is 1. The predicted octanol–water partition coefficient (Wildman–Crippen LogP) is 1.98. The van der Waals surface area contributed by atoms with Crippen LogP contribution < -0.4 is 5.32 Å². The van der Waals surface area contributed by atoms with Gasteiger partial charge in [0.15, 0.2) is 0 Å². The van der Waals surface area contributed by atoms with Gasteiger partial charge in [-0.05, 0) is 25.0 Å². The fourth-order valence-electron chi connectivity index (χ4n) is 1.60. The maximum atomic E-state index is 11.7. The summed E-state index contributed by atoms with van der Waals surface area (Å²) in [6.45, 7) is 0. The van der Waals surface area contributed by atoms with E-state index < -0.39 is 5.54 Å². The third-order valence-electron chi connectivity index (χ3n) is 2.80. The van der Waals surface area contributed by atoms with Crippen LogP contribution in [-0.2, 0) is 11.2 Å². The number of nitrogens with one attached hydrogen (secondary N) is 1. The number of hydrogen-bond donors (Lipinski definition) is 2. The minimum Gasteiger partial charge on any atom is -0.508 e. The number of phenols is 1. The highest BCUT2D eigenvalue weighted by Gasteiger charge is 2.42. The summed E-state index contributed by atoms with van der Waals surface area (Å²) in [5.41, 5.74) is 0.167. The zero-order chi connectivity index (χ0) is 12.5. The van der Waals surface area contributed by atoms with Gasteiger partial charge in [0.25, 0.3) is 0 Å². The molecule has 1 aromatic carbocycles. The van der Waals surface area contributed by atoms with Crippen molar-refractivity contribution in [2.24, 2.45) is 0 Å². The first-order valence-electron chi connectivity index (χ1n) is 5.31. The number of phenolic OH excluding ortho intramolecular Hbond substituents is 1. The van der Waals surface area contributed by atoms with Crippen molar-refractivity contribution in [3.8, 4) is 18.1 Å². The van der Waals surface area contributed by atoms with Crippen LogP contribution in [0.15, 0.2) is 22.7 Å². The Morgan fingerprint density at radius 2 is 2.29 bits per heavy atom. The molecule has 0 atom stereocenters. The summed E-state index contributed by atoms with van der Waals surface area (Å²) in [7, 11) is 0. The zero-order valence-corrected chi connectivity index (χ0v) is 10.8. The Balaban J connectivity index is 2.01. The van der Waals surface area contributed by atoms with Crippen LogP contribution in [0.3, 0.4) is 0 Å². The maximum absolute atomic E-state index is 11.7. The standard InChI is InChI=1S/C13H12BrNO2/c1-2-13(5-6-13)15-12(17)7-9-3-4-10(14)8-11(9)16/h1,3-4,8,16H,5-7H2,(H,15,17). The van der Waals surface area contributed by atoms with Gasteiger partial charge in [-0.25, -0.2) is 0 Å². The summed E-state index contributed by atoms with van der Waals surface area (Å²) in [5.74, 6) is 2.55. The molecule has 2 rings (SSSR count). The van der Waals surface area contributed by atoms with Crippen LogP contribution in [0.2, 0.25) is 0 Å². The van der Waals surface area contributed by atoms with Crippen LogP contribution in [0.5, 0.6) is 5.75 Å². The van der Waals surface area contributed by atoms with Gasteiger partial charge in [-0.15, -0.1) is 6.42 Å². The van der Waals surface area contributed by atoms with Crippen LogP contribution in [-0.4, -0.2) is 16.6 Å². The van der Waals surface area contributed by atoms with Gasteiger partial charge in [0.2, 0.25) is 5.91 Å². The number of benzene rings is 1. The fraction of sp³-hybridized carbons (Fsp3) is 0.308. The topological polar surface area (TPSA) is 49.3 Å². The van der Waals surface area contributed by atoms with Crippen molar-refractivity contribution in [1.82, 2.24) is 5.32 Å². The van der Waals surface area contributed by atoms with E-state index in [-0.39, 0.29) is 18.1 Å². The molecule has 1 aliphatic rings. The summed E-state index contributed by atoms with van der Waals surface area (Å²) >= 11 is 3.25. The lowest BCUT2D eigenvalue weighted by molar-refractivity contribution is -0.121. The maximum Gasteiger partial charge on any atom is 0.225 e. The molecule has 1 fully saturated rings. The molecule has 1 aromatic rings. The van der Waals surface area contributed by atoms with Crippen molar-refractivity contribution >= 4 is 21.8 Å². The molecule has 0 saturated heterocycles. The van der Waals surface area contributed by atoms with E-state index in [0.717, 1.165) is 17.3 Å². The van der Waals surface area contributed by atoms with Gasteiger partial charge in [-0.3, -0.25) is 4.79 Å². The number of rotatable bonds is 3. The van der Waals surface area contributed by atoms with E-state index in [4.69, 9.17) is 6.42 Å². The first-order chi connectivity index (χ1) is 8.04. The van der Waals surface area contributed by atoms with Crippen molar-refractivity contribution < 1.29 is 9.90 Å². The molecule has 88 valence electrons. The second kappa shape index (κ2) is 4.42. The van der Waals surface area contributed by atoms with Crippen LogP contribution in [0.4, 0.5) is 0 Å². The summed E-state index contributed by atoms with van der Waals surface area (Å²) < 4.78 is 0.779. The smallest absolute Gasteiger partial charge is 0.225 e. The molecule has 0 bridgehead atoms. The first kappa shape index (κ1) is 12.0. The van der Waals surface area contributed by atoms with E-state index in [0.29, 0.717) is 5.56 Å². The molecule has 0 aliphatic heterocycles. The molecule has 0 unspecified atom stereocenters. The Labute approximate surface area is 108 Å². The lowest BCUT2D eigenvalue weighted by atomic mass is 10.1. The average molecular weight is 294 g/mol. The van der Waals surface area contributed by atoms with Crippen molar-refractivity contribution in [1.29, 1.82) is 0 Å². The Kier molecular flexibility index (Phi) is 3.12. The van der Waals surface area contributed by atoms with Gasteiger partial charge in [0.1, 0.15) is 11.3 Å². The van der Waals surface area contributed by atoms with E-state index in [2.05, 4.69) is 27.2 Å². The first-order valence-corrected chi connectivity index (χ1v) is 6.10. The molecule has 0 heterocycles. The second-order valence-electron chi connectivity index (χ2n) is 4.22. The molecule has 4 heteroatoms. The van der Waals surface area contributed by atoms with Gasteiger partial charge >= 0.3 is 0 Å². The summed E-state index contributed by atoms with van der Waals surface area (Å²) in [6.07, 6.45) is 7.15. The zero-order valence-electron chi connectivity index (χ0n) is 9.16. The quantitative estimate of drug-likeness (QED) is 0.838. The molecule has 3 nitrogen and oxygen atoms in total. The molecule has 1 amide bonds. The monoisotopic (exact) mass is 293 g/mol. The minimum atomic E-state index is -0.429. The third-order valence-corrected chi connectivity index (χ3v) is 3.30. The van der Waals surface area contributed by atoms with Crippen molar-refractivity contribution in [3.63, 3.8) is 0 Å². The predicted molar refractivity (Wildman–Crippen MR) is 68.5 cm³/mol. The van der Waals surface area contributed by atoms with Crippen molar-refractivity contribution in [2.45, 2.75) is 24.8 Å². The molecule has 2 N–H and O–H groups in total. The number of carbonyl (C=O) groups is 1. The lowest BCUT2D eigenvalue weighted by Gasteiger charge is -2.11. The number of amides is 1. The molecular weight excluding hydrogens is 282 g/mol. The molecule has 1 aliphatic carbocycles. The summed E-state index contributed by atoms with van der Waals surface area (Å²) in [6, 6.07) is 5.07. The number of carbonyl (C=O) groups excluding carboxylic acids is 1. The highest BCUT2D eigenvalue weighted by molar-refractivity contribution is 9.10. The Morgan fingerprint density at radius 1 is 1.59 bits per heavy atom. The summed E-state index contributed by atoms with van der Waals surface area (Å²) in [4.78, 5) is 11.7. The van der Waals surface area contributed by atoms with Gasteiger partial charge in [-0.2, -0.15) is 0 Å². The van der Waals surface area contributed by atoms with Crippen molar-refractivity contribution in [2.75, 3.05) is 0 Å². The van der Waals surface area contributed by atoms with E-state index in [1.165, 1.54) is 0 Å². The number of hydrogen-bond acceptors (Lipinski definition) is 2. The van der Waals surface area contributed by atoms with E-state index >= 15 is 0 Å². The Hall–Kier alpha value is -1.47. The highest BCUT2D eigenvalue weighted by atomic mass is 79.9. The molecule has 17 heavy (non-hydrogen) atoms. The van der Waals surface area contributed by atoms with Crippen LogP contribution in [0, 0.1) is 12.3 Å². The Morgan fingerprint density at radius 3 is 2.82 bits per heavy atom. The molecular formula is C13H12BrNO2. The van der Waals surface area contributed by atoms with Crippen LogP contribution in [0.1, 0.15) is 18.4 Å². The Bertz CT molecular complexity index is 501. The average Bonchev–Trinajstić information content (AvgIpc) is 3.03. The van der Waals surface area contributed by atoms with Gasteiger partial charge in [0, 0.05) is 10.0 Å². The lowest BCUT2D eigenvalue weighted by Crippen LogP contribution is -2.36. The largest absolute Gasteiger partial charge is 0.508 e. The summed E-state index contributed by atoms with van der Waals surface area (Å²) in [5, 5.41) is 12.5. The molecule has 0 spiro atoms. The molecule has 1 saturated carbocycles. The van der Waals surface area contributed by atoms with Gasteiger partial charge in [0.05, 0.1) is 6.42 Å². The third kappa shape index (κ3) is 2.80. The van der Waals surface area contributed by atoms with Crippen molar-refractivity contribution in [3.05, 3.63) is 28.2 Å².